The molecular weight excluding hydrogens is 237 g/mol. The SMILES string of the molecule is CCCCCCC(C)(CCCC)C(C)C(F)(F)F. The van der Waals surface area contributed by atoms with Crippen molar-refractivity contribution in [1.82, 2.24) is 0 Å². The number of hydrogen-bond acceptors (Lipinski definition) is 0. The van der Waals surface area contributed by atoms with Crippen molar-refractivity contribution >= 4 is 0 Å². The average molecular weight is 266 g/mol. The van der Waals surface area contributed by atoms with Gasteiger partial charge in [0.15, 0.2) is 0 Å². The maximum atomic E-state index is 12.9. The summed E-state index contributed by atoms with van der Waals surface area (Å²) in [7, 11) is 0. The van der Waals surface area contributed by atoms with Crippen molar-refractivity contribution in [3.05, 3.63) is 0 Å². The molecule has 18 heavy (non-hydrogen) atoms. The van der Waals surface area contributed by atoms with Gasteiger partial charge in [0.2, 0.25) is 0 Å². The van der Waals surface area contributed by atoms with Gasteiger partial charge in [-0.05, 0) is 18.3 Å². The van der Waals surface area contributed by atoms with Crippen LogP contribution in [0.25, 0.3) is 0 Å². The Balaban J connectivity index is 4.51. The van der Waals surface area contributed by atoms with Gasteiger partial charge in [0.25, 0.3) is 0 Å². The minimum Gasteiger partial charge on any atom is -0.171 e. The molecule has 3 heteroatoms. The fourth-order valence-corrected chi connectivity index (χ4v) is 2.49. The lowest BCUT2D eigenvalue weighted by atomic mass is 9.70. The molecule has 0 aliphatic rings. The predicted molar refractivity (Wildman–Crippen MR) is 71.6 cm³/mol. The van der Waals surface area contributed by atoms with E-state index < -0.39 is 17.5 Å². The molecule has 2 unspecified atom stereocenters. The molecule has 0 radical (unpaired) electrons. The molecule has 110 valence electrons. The molecule has 0 aliphatic heterocycles. The van der Waals surface area contributed by atoms with E-state index in [0.717, 1.165) is 38.5 Å². The zero-order chi connectivity index (χ0) is 14.2. The van der Waals surface area contributed by atoms with Gasteiger partial charge in [0.1, 0.15) is 0 Å². The Morgan fingerprint density at radius 2 is 1.33 bits per heavy atom. The van der Waals surface area contributed by atoms with Crippen LogP contribution in [0.15, 0.2) is 0 Å². The second-order valence-electron chi connectivity index (χ2n) is 5.83. The van der Waals surface area contributed by atoms with E-state index >= 15 is 0 Å². The molecule has 0 aromatic heterocycles. The second-order valence-corrected chi connectivity index (χ2v) is 5.83. The molecule has 0 heterocycles. The van der Waals surface area contributed by atoms with Gasteiger partial charge in [-0.3, -0.25) is 0 Å². The molecule has 2 atom stereocenters. The van der Waals surface area contributed by atoms with E-state index in [1.807, 2.05) is 13.8 Å². The third-order valence-electron chi connectivity index (χ3n) is 4.24. The van der Waals surface area contributed by atoms with E-state index in [1.165, 1.54) is 6.92 Å². The molecule has 0 amide bonds. The van der Waals surface area contributed by atoms with Crippen LogP contribution in [0.5, 0.6) is 0 Å². The summed E-state index contributed by atoms with van der Waals surface area (Å²) in [6, 6.07) is 0. The molecule has 0 aromatic rings. The van der Waals surface area contributed by atoms with E-state index in [4.69, 9.17) is 0 Å². The van der Waals surface area contributed by atoms with Gasteiger partial charge in [-0.1, -0.05) is 66.2 Å². The molecule has 0 spiro atoms. The monoisotopic (exact) mass is 266 g/mol. The van der Waals surface area contributed by atoms with Crippen molar-refractivity contribution in [3.63, 3.8) is 0 Å². The Morgan fingerprint density at radius 3 is 1.78 bits per heavy atom. The Morgan fingerprint density at radius 1 is 0.833 bits per heavy atom. The first-order valence-electron chi connectivity index (χ1n) is 7.34. The van der Waals surface area contributed by atoms with E-state index in [-0.39, 0.29) is 0 Å². The van der Waals surface area contributed by atoms with Crippen LogP contribution in [0.3, 0.4) is 0 Å². The van der Waals surface area contributed by atoms with Crippen LogP contribution in [-0.2, 0) is 0 Å². The Kier molecular flexibility index (Phi) is 7.97. The van der Waals surface area contributed by atoms with Gasteiger partial charge in [-0.25, -0.2) is 0 Å². The fourth-order valence-electron chi connectivity index (χ4n) is 2.49. The summed E-state index contributed by atoms with van der Waals surface area (Å²) in [6.07, 6.45) is 3.43. The van der Waals surface area contributed by atoms with E-state index in [9.17, 15) is 13.2 Å². The maximum Gasteiger partial charge on any atom is 0.392 e. The van der Waals surface area contributed by atoms with Crippen molar-refractivity contribution < 1.29 is 13.2 Å². The van der Waals surface area contributed by atoms with Gasteiger partial charge in [-0.2, -0.15) is 13.2 Å². The molecule has 0 saturated carbocycles. The third-order valence-corrected chi connectivity index (χ3v) is 4.24. The van der Waals surface area contributed by atoms with Crippen LogP contribution >= 0.6 is 0 Å². The maximum absolute atomic E-state index is 12.9. The molecule has 0 bridgehead atoms. The van der Waals surface area contributed by atoms with Gasteiger partial charge in [-0.15, -0.1) is 0 Å². The lowest BCUT2D eigenvalue weighted by Crippen LogP contribution is -2.36. The van der Waals surface area contributed by atoms with Crippen molar-refractivity contribution in [2.75, 3.05) is 0 Å². The molecule has 0 N–H and O–H groups in total. The van der Waals surface area contributed by atoms with E-state index in [2.05, 4.69) is 6.92 Å². The van der Waals surface area contributed by atoms with Crippen molar-refractivity contribution in [1.29, 1.82) is 0 Å². The predicted octanol–water partition coefficient (Wildman–Crippen LogP) is 6.35. The van der Waals surface area contributed by atoms with Gasteiger partial charge >= 0.3 is 6.18 Å². The Hall–Kier alpha value is -0.210. The first-order chi connectivity index (χ1) is 8.28. The molecule has 0 fully saturated rings. The van der Waals surface area contributed by atoms with Gasteiger partial charge < -0.3 is 0 Å². The number of hydrogen-bond donors (Lipinski definition) is 0. The lowest BCUT2D eigenvalue weighted by molar-refractivity contribution is -0.202. The summed E-state index contributed by atoms with van der Waals surface area (Å²) in [5.74, 6) is -1.20. The smallest absolute Gasteiger partial charge is 0.171 e. The Bertz CT molecular complexity index is 210. The summed E-state index contributed by atoms with van der Waals surface area (Å²) in [5.41, 5.74) is -0.581. The zero-order valence-corrected chi connectivity index (χ0v) is 12.4. The fraction of sp³-hybridized carbons (Fsp3) is 1.00. The third kappa shape index (κ3) is 6.10. The summed E-state index contributed by atoms with van der Waals surface area (Å²) in [5, 5.41) is 0. The number of alkyl halides is 3. The van der Waals surface area contributed by atoms with Crippen molar-refractivity contribution in [2.45, 2.75) is 85.2 Å². The van der Waals surface area contributed by atoms with Crippen LogP contribution in [0.1, 0.15) is 79.1 Å². The van der Waals surface area contributed by atoms with E-state index in [0.29, 0.717) is 12.8 Å². The molecule has 0 nitrogen and oxygen atoms in total. The second kappa shape index (κ2) is 8.06. The molecule has 0 aromatic carbocycles. The summed E-state index contributed by atoms with van der Waals surface area (Å²) in [4.78, 5) is 0. The number of halogens is 3. The van der Waals surface area contributed by atoms with Crippen LogP contribution in [0.4, 0.5) is 13.2 Å². The first-order valence-corrected chi connectivity index (χ1v) is 7.34. The zero-order valence-electron chi connectivity index (χ0n) is 12.4. The highest BCUT2D eigenvalue weighted by Crippen LogP contribution is 2.46. The lowest BCUT2D eigenvalue weighted by Gasteiger charge is -2.37. The number of rotatable bonds is 9. The molecule has 0 rings (SSSR count). The average Bonchev–Trinajstić information content (AvgIpc) is 2.30. The molecule has 0 saturated heterocycles. The van der Waals surface area contributed by atoms with Crippen LogP contribution < -0.4 is 0 Å². The first kappa shape index (κ1) is 17.8. The summed E-state index contributed by atoms with van der Waals surface area (Å²) in [6.45, 7) is 7.34. The minimum absolute atomic E-state index is 0.581. The topological polar surface area (TPSA) is 0 Å². The van der Waals surface area contributed by atoms with Crippen molar-refractivity contribution in [2.24, 2.45) is 11.3 Å². The summed E-state index contributed by atoms with van der Waals surface area (Å²) >= 11 is 0. The van der Waals surface area contributed by atoms with Crippen molar-refractivity contribution in [3.8, 4) is 0 Å². The van der Waals surface area contributed by atoms with Crippen LogP contribution in [0.2, 0.25) is 0 Å². The largest absolute Gasteiger partial charge is 0.392 e. The summed E-state index contributed by atoms with van der Waals surface area (Å²) < 4.78 is 38.8. The normalized spacial score (nSPS) is 17.5. The highest BCUT2D eigenvalue weighted by Gasteiger charge is 2.46. The van der Waals surface area contributed by atoms with Gasteiger partial charge in [0.05, 0.1) is 5.92 Å². The van der Waals surface area contributed by atoms with Crippen LogP contribution in [-0.4, -0.2) is 6.18 Å². The highest BCUT2D eigenvalue weighted by atomic mass is 19.4. The molecule has 0 aliphatic carbocycles. The highest BCUT2D eigenvalue weighted by molar-refractivity contribution is 4.84. The quantitative estimate of drug-likeness (QED) is 0.426. The van der Waals surface area contributed by atoms with E-state index in [1.54, 1.807) is 0 Å². The minimum atomic E-state index is -4.06. The van der Waals surface area contributed by atoms with Crippen LogP contribution in [0, 0.1) is 11.3 Å². The standard InChI is InChI=1S/C15H29F3/c1-5-7-9-10-12-14(4,11-8-6-2)13(3)15(16,17)18/h13H,5-12H2,1-4H3. The molecular formula is C15H29F3. The number of unbranched alkanes of at least 4 members (excludes halogenated alkanes) is 4. The van der Waals surface area contributed by atoms with Gasteiger partial charge in [0, 0.05) is 0 Å². The Labute approximate surface area is 110 Å².